The predicted octanol–water partition coefficient (Wildman–Crippen LogP) is 2.38. The summed E-state index contributed by atoms with van der Waals surface area (Å²) in [5.74, 6) is 0. The normalized spacial score (nSPS) is 11.6. The summed E-state index contributed by atoms with van der Waals surface area (Å²) in [6, 6.07) is 6.18. The van der Waals surface area contributed by atoms with Crippen LogP contribution in [0, 0.1) is 11.3 Å². The van der Waals surface area contributed by atoms with Gasteiger partial charge >= 0.3 is 0 Å². The molecule has 0 amide bonds. The Morgan fingerprint density at radius 1 is 1.33 bits per heavy atom. The number of aliphatic hydroxyl groups excluding tert-OH is 1. The van der Waals surface area contributed by atoms with Crippen molar-refractivity contribution in [2.45, 2.75) is 31.1 Å². The van der Waals surface area contributed by atoms with Crippen LogP contribution in [0.25, 0.3) is 0 Å². The summed E-state index contributed by atoms with van der Waals surface area (Å²) >= 11 is 5.89. The van der Waals surface area contributed by atoms with E-state index in [0.717, 1.165) is 12.8 Å². The van der Waals surface area contributed by atoms with Gasteiger partial charge in [-0.25, -0.2) is 8.42 Å². The van der Waals surface area contributed by atoms with E-state index in [4.69, 9.17) is 22.0 Å². The Morgan fingerprint density at radius 3 is 2.62 bits per heavy atom. The zero-order valence-corrected chi connectivity index (χ0v) is 13.5. The molecule has 0 aromatic heterocycles. The van der Waals surface area contributed by atoms with Crippen molar-refractivity contribution in [3.63, 3.8) is 0 Å². The van der Waals surface area contributed by atoms with Gasteiger partial charge in [0.25, 0.3) is 0 Å². The molecule has 0 bridgehead atoms. The third-order valence-corrected chi connectivity index (χ3v) is 5.32. The standard InChI is InChI=1S/C14H19ClN2O3S/c1-2-3-4-8-17(9-10-18)21(19,20)14-7-5-6-13(15)12(14)11-16/h5-7,18H,2-4,8-10H2,1H3. The van der Waals surface area contributed by atoms with Crippen molar-refractivity contribution in [1.29, 1.82) is 5.26 Å². The molecule has 0 saturated heterocycles. The van der Waals surface area contributed by atoms with Crippen LogP contribution in [-0.4, -0.2) is 37.5 Å². The van der Waals surface area contributed by atoms with Crippen LogP contribution in [-0.2, 0) is 10.0 Å². The molecule has 0 aliphatic rings. The van der Waals surface area contributed by atoms with Crippen LogP contribution in [0.3, 0.4) is 0 Å². The Kier molecular flexibility index (Phi) is 7.12. The number of nitrogens with zero attached hydrogens (tertiary/aromatic N) is 2. The molecule has 1 aromatic rings. The van der Waals surface area contributed by atoms with Gasteiger partial charge in [0.2, 0.25) is 10.0 Å². The van der Waals surface area contributed by atoms with Crippen LogP contribution in [0.15, 0.2) is 23.1 Å². The second-order valence-corrected chi connectivity index (χ2v) is 6.87. The molecule has 0 fully saturated rings. The lowest BCUT2D eigenvalue weighted by atomic mass is 10.2. The quantitative estimate of drug-likeness (QED) is 0.742. The molecule has 0 saturated carbocycles. The van der Waals surface area contributed by atoms with Crippen LogP contribution in [0.4, 0.5) is 0 Å². The number of hydrogen-bond donors (Lipinski definition) is 1. The van der Waals surface area contributed by atoms with E-state index in [1.54, 1.807) is 0 Å². The average molecular weight is 331 g/mol. The smallest absolute Gasteiger partial charge is 0.244 e. The fourth-order valence-corrected chi connectivity index (χ4v) is 3.88. The minimum absolute atomic E-state index is 0.00340. The molecule has 0 atom stereocenters. The van der Waals surface area contributed by atoms with Gasteiger partial charge < -0.3 is 5.11 Å². The molecule has 1 N–H and O–H groups in total. The molecule has 1 rings (SSSR count). The highest BCUT2D eigenvalue weighted by Crippen LogP contribution is 2.26. The number of aliphatic hydroxyl groups is 1. The number of hydrogen-bond acceptors (Lipinski definition) is 4. The highest BCUT2D eigenvalue weighted by atomic mass is 35.5. The Morgan fingerprint density at radius 2 is 2.05 bits per heavy atom. The van der Waals surface area contributed by atoms with Crippen molar-refractivity contribution in [1.82, 2.24) is 4.31 Å². The third kappa shape index (κ3) is 4.42. The summed E-state index contributed by atoms with van der Waals surface area (Å²) in [7, 11) is -3.84. The van der Waals surface area contributed by atoms with Gasteiger partial charge in [-0.1, -0.05) is 37.4 Å². The van der Waals surface area contributed by atoms with E-state index in [1.165, 1.54) is 22.5 Å². The maximum absolute atomic E-state index is 12.7. The molecular weight excluding hydrogens is 312 g/mol. The van der Waals surface area contributed by atoms with E-state index in [9.17, 15) is 8.42 Å². The van der Waals surface area contributed by atoms with Crippen molar-refractivity contribution < 1.29 is 13.5 Å². The van der Waals surface area contributed by atoms with Crippen molar-refractivity contribution >= 4 is 21.6 Å². The molecule has 0 radical (unpaired) electrons. The number of rotatable bonds is 8. The first-order valence-electron chi connectivity index (χ1n) is 6.78. The molecule has 0 aliphatic heterocycles. The number of unbranched alkanes of at least 4 members (excludes halogenated alkanes) is 2. The van der Waals surface area contributed by atoms with E-state index in [2.05, 4.69) is 0 Å². The van der Waals surface area contributed by atoms with Crippen LogP contribution in [0.5, 0.6) is 0 Å². The van der Waals surface area contributed by atoms with Crippen molar-refractivity contribution in [3.05, 3.63) is 28.8 Å². The lowest BCUT2D eigenvalue weighted by Gasteiger charge is -2.22. The highest BCUT2D eigenvalue weighted by Gasteiger charge is 2.27. The van der Waals surface area contributed by atoms with Crippen molar-refractivity contribution in [2.24, 2.45) is 0 Å². The molecule has 1 aromatic carbocycles. The number of halogens is 1. The minimum Gasteiger partial charge on any atom is -0.395 e. The van der Waals surface area contributed by atoms with Crippen LogP contribution in [0.1, 0.15) is 31.7 Å². The van der Waals surface area contributed by atoms with E-state index in [0.29, 0.717) is 13.0 Å². The van der Waals surface area contributed by atoms with Crippen molar-refractivity contribution in [3.8, 4) is 6.07 Å². The Hall–Kier alpha value is -1.13. The fraction of sp³-hybridized carbons (Fsp3) is 0.500. The Bertz CT molecular complexity index is 611. The first-order chi connectivity index (χ1) is 9.98. The zero-order valence-electron chi connectivity index (χ0n) is 11.9. The van der Waals surface area contributed by atoms with Gasteiger partial charge in [-0.2, -0.15) is 9.57 Å². The maximum Gasteiger partial charge on any atom is 0.244 e. The Balaban J connectivity index is 3.17. The molecule has 0 heterocycles. The lowest BCUT2D eigenvalue weighted by molar-refractivity contribution is 0.252. The first kappa shape index (κ1) is 17.9. The number of nitriles is 1. The highest BCUT2D eigenvalue weighted by molar-refractivity contribution is 7.89. The molecule has 0 spiro atoms. The molecular formula is C14H19ClN2O3S. The molecule has 5 nitrogen and oxygen atoms in total. The SMILES string of the molecule is CCCCCN(CCO)S(=O)(=O)c1cccc(Cl)c1C#N. The predicted molar refractivity (Wildman–Crippen MR) is 81.5 cm³/mol. The van der Waals surface area contributed by atoms with E-state index in [1.807, 2.05) is 13.0 Å². The topological polar surface area (TPSA) is 81.4 Å². The lowest BCUT2D eigenvalue weighted by Crippen LogP contribution is -2.35. The summed E-state index contributed by atoms with van der Waals surface area (Å²) in [6.07, 6.45) is 2.57. The maximum atomic E-state index is 12.7. The molecule has 21 heavy (non-hydrogen) atoms. The monoisotopic (exact) mass is 330 g/mol. The van der Waals surface area contributed by atoms with Gasteiger partial charge in [0, 0.05) is 13.1 Å². The summed E-state index contributed by atoms with van der Waals surface area (Å²) in [4.78, 5) is -0.109. The molecule has 0 unspecified atom stereocenters. The minimum atomic E-state index is -3.84. The fourth-order valence-electron chi connectivity index (χ4n) is 1.97. The van der Waals surface area contributed by atoms with Crippen LogP contribution >= 0.6 is 11.6 Å². The summed E-state index contributed by atoms with van der Waals surface area (Å²) in [6.45, 7) is 2.07. The first-order valence-corrected chi connectivity index (χ1v) is 8.60. The summed E-state index contributed by atoms with van der Waals surface area (Å²) in [5, 5.41) is 18.3. The summed E-state index contributed by atoms with van der Waals surface area (Å²) in [5.41, 5.74) is -0.0578. The van der Waals surface area contributed by atoms with Gasteiger partial charge in [0.1, 0.15) is 11.0 Å². The second kappa shape index (κ2) is 8.35. The van der Waals surface area contributed by atoms with Gasteiger partial charge in [0.15, 0.2) is 0 Å². The summed E-state index contributed by atoms with van der Waals surface area (Å²) < 4.78 is 26.5. The van der Waals surface area contributed by atoms with Crippen LogP contribution in [0.2, 0.25) is 5.02 Å². The number of benzene rings is 1. The van der Waals surface area contributed by atoms with Gasteiger partial charge in [-0.3, -0.25) is 0 Å². The van der Waals surface area contributed by atoms with E-state index in [-0.39, 0.29) is 28.6 Å². The van der Waals surface area contributed by atoms with Crippen LogP contribution < -0.4 is 0 Å². The molecule has 116 valence electrons. The second-order valence-electron chi connectivity index (χ2n) is 4.56. The van der Waals surface area contributed by atoms with E-state index >= 15 is 0 Å². The largest absolute Gasteiger partial charge is 0.395 e. The Labute approximate surface area is 130 Å². The third-order valence-electron chi connectivity index (χ3n) is 3.07. The molecule has 7 heteroatoms. The number of sulfonamides is 1. The van der Waals surface area contributed by atoms with Crippen molar-refractivity contribution in [2.75, 3.05) is 19.7 Å². The van der Waals surface area contributed by atoms with Gasteiger partial charge in [0.05, 0.1) is 17.2 Å². The molecule has 0 aliphatic carbocycles. The van der Waals surface area contributed by atoms with Gasteiger partial charge in [-0.05, 0) is 18.6 Å². The zero-order chi connectivity index (χ0) is 15.9. The van der Waals surface area contributed by atoms with E-state index < -0.39 is 10.0 Å². The van der Waals surface area contributed by atoms with Gasteiger partial charge in [-0.15, -0.1) is 0 Å². The average Bonchev–Trinajstić information content (AvgIpc) is 2.46.